The van der Waals surface area contributed by atoms with E-state index in [0.29, 0.717) is 0 Å². The van der Waals surface area contributed by atoms with Crippen LogP contribution in [0.4, 0.5) is 0 Å². The maximum Gasteiger partial charge on any atom is 0.0207 e. The van der Waals surface area contributed by atoms with Gasteiger partial charge in [-0.1, -0.05) is 63.7 Å². The Morgan fingerprint density at radius 1 is 0.450 bits per heavy atom. The molecule has 0 aliphatic rings. The first-order valence-corrected chi connectivity index (χ1v) is 9.24. The van der Waals surface area contributed by atoms with Crippen LogP contribution in [-0.2, 0) is 0 Å². The highest BCUT2D eigenvalue weighted by molar-refractivity contribution is 9.11. The van der Waals surface area contributed by atoms with Gasteiger partial charge in [-0.3, -0.25) is 0 Å². The number of hydrogen-bond donors (Lipinski definition) is 0. The van der Waals surface area contributed by atoms with Crippen molar-refractivity contribution in [3.63, 3.8) is 0 Å². The molecule has 0 aliphatic carbocycles. The van der Waals surface area contributed by atoms with Crippen LogP contribution in [0.25, 0.3) is 0 Å². The van der Waals surface area contributed by atoms with Gasteiger partial charge in [0.15, 0.2) is 0 Å². The fraction of sp³-hybridized carbons (Fsp3) is 0.250. The third-order valence-corrected chi connectivity index (χ3v) is 6.30. The maximum atomic E-state index is 3.46. The average molecular weight is 528 g/mol. The van der Waals surface area contributed by atoms with Crippen LogP contribution in [0, 0.1) is 27.7 Å². The fourth-order valence-corrected chi connectivity index (χ4v) is 3.32. The summed E-state index contributed by atoms with van der Waals surface area (Å²) in [6.07, 6.45) is 0. The van der Waals surface area contributed by atoms with Crippen molar-refractivity contribution in [2.75, 3.05) is 0 Å². The van der Waals surface area contributed by atoms with Gasteiger partial charge in [0.2, 0.25) is 0 Å². The van der Waals surface area contributed by atoms with Gasteiger partial charge in [-0.25, -0.2) is 0 Å². The molecular weight excluding hydrogens is 512 g/mol. The average Bonchev–Trinajstić information content (AvgIpc) is 2.35. The van der Waals surface area contributed by atoms with Crippen LogP contribution in [0.5, 0.6) is 0 Å². The van der Waals surface area contributed by atoms with Crippen molar-refractivity contribution in [3.8, 4) is 0 Å². The number of halogens is 4. The molecule has 0 fully saturated rings. The summed E-state index contributed by atoms with van der Waals surface area (Å²) in [4.78, 5) is 0. The van der Waals surface area contributed by atoms with Crippen molar-refractivity contribution in [1.29, 1.82) is 0 Å². The lowest BCUT2D eigenvalue weighted by Crippen LogP contribution is -1.79. The van der Waals surface area contributed by atoms with Gasteiger partial charge in [0.25, 0.3) is 0 Å². The van der Waals surface area contributed by atoms with Gasteiger partial charge in [0.05, 0.1) is 0 Å². The Kier molecular flexibility index (Phi) is 7.47. The number of hydrogen-bond acceptors (Lipinski definition) is 0. The quantitative estimate of drug-likeness (QED) is 0.330. The van der Waals surface area contributed by atoms with Gasteiger partial charge in [0.1, 0.15) is 0 Å². The molecule has 0 nitrogen and oxygen atoms in total. The third-order valence-electron chi connectivity index (χ3n) is 2.88. The van der Waals surface area contributed by atoms with Crippen molar-refractivity contribution in [2.24, 2.45) is 0 Å². The summed E-state index contributed by atoms with van der Waals surface area (Å²) in [5, 5.41) is 0. The Bertz CT molecular complexity index is 462. The zero-order chi connectivity index (χ0) is 15.4. The number of benzene rings is 2. The normalized spacial score (nSPS) is 10.0. The van der Waals surface area contributed by atoms with E-state index >= 15 is 0 Å². The Morgan fingerprint density at radius 2 is 0.600 bits per heavy atom. The summed E-state index contributed by atoms with van der Waals surface area (Å²) in [6, 6.07) is 8.44. The van der Waals surface area contributed by atoms with E-state index in [1.807, 2.05) is 0 Å². The van der Waals surface area contributed by atoms with Crippen LogP contribution < -0.4 is 0 Å². The van der Waals surface area contributed by atoms with Gasteiger partial charge in [0, 0.05) is 17.9 Å². The molecule has 0 atom stereocenters. The van der Waals surface area contributed by atoms with Crippen molar-refractivity contribution >= 4 is 63.7 Å². The summed E-state index contributed by atoms with van der Waals surface area (Å²) >= 11 is 13.8. The van der Waals surface area contributed by atoms with Crippen molar-refractivity contribution in [1.82, 2.24) is 0 Å². The van der Waals surface area contributed by atoms with Crippen LogP contribution in [0.1, 0.15) is 22.3 Å². The van der Waals surface area contributed by atoms with Crippen molar-refractivity contribution in [2.45, 2.75) is 27.7 Å². The highest BCUT2D eigenvalue weighted by atomic mass is 79.9. The second-order valence-corrected chi connectivity index (χ2v) is 8.12. The number of aryl methyl sites for hydroxylation is 4. The predicted octanol–water partition coefficient (Wildman–Crippen LogP) is 7.66. The molecule has 2 aromatic carbocycles. The van der Waals surface area contributed by atoms with Crippen LogP contribution in [-0.4, -0.2) is 0 Å². The third kappa shape index (κ3) is 5.28. The minimum atomic E-state index is 1.17. The molecule has 20 heavy (non-hydrogen) atoms. The molecule has 0 unspecified atom stereocenters. The summed E-state index contributed by atoms with van der Waals surface area (Å²) in [5.74, 6) is 0. The predicted molar refractivity (Wildman–Crippen MR) is 103 cm³/mol. The van der Waals surface area contributed by atoms with E-state index in [1.54, 1.807) is 0 Å². The minimum Gasteiger partial charge on any atom is -0.0505 e. The summed E-state index contributed by atoms with van der Waals surface area (Å²) in [6.45, 7) is 8.31. The second-order valence-electron chi connectivity index (χ2n) is 4.70. The van der Waals surface area contributed by atoms with Crippen LogP contribution >= 0.6 is 63.7 Å². The molecular formula is C16H16Br4. The molecule has 108 valence electrons. The van der Waals surface area contributed by atoms with Crippen molar-refractivity contribution in [3.05, 3.63) is 64.4 Å². The molecule has 2 rings (SSSR count). The largest absolute Gasteiger partial charge is 0.0505 e. The lowest BCUT2D eigenvalue weighted by Gasteiger charge is -2.01. The zero-order valence-electron chi connectivity index (χ0n) is 11.8. The second kappa shape index (κ2) is 8.11. The van der Waals surface area contributed by atoms with E-state index in [4.69, 9.17) is 0 Å². The monoisotopic (exact) mass is 524 g/mol. The molecule has 0 amide bonds. The van der Waals surface area contributed by atoms with Gasteiger partial charge in [-0.15, -0.1) is 0 Å². The Balaban J connectivity index is 0.000000200. The molecule has 0 aromatic heterocycles. The zero-order valence-corrected chi connectivity index (χ0v) is 18.2. The summed E-state index contributed by atoms with van der Waals surface area (Å²) in [7, 11) is 0. The highest BCUT2D eigenvalue weighted by Crippen LogP contribution is 2.25. The molecule has 0 spiro atoms. The van der Waals surface area contributed by atoms with E-state index in [-0.39, 0.29) is 0 Å². The SMILES string of the molecule is Cc1cc(Br)c(C)cc1Br.Cc1cc(Br)c(C)cc1Br. The molecule has 0 saturated heterocycles. The molecule has 0 heterocycles. The van der Waals surface area contributed by atoms with E-state index in [0.717, 1.165) is 0 Å². The van der Waals surface area contributed by atoms with Crippen LogP contribution in [0.2, 0.25) is 0 Å². The smallest absolute Gasteiger partial charge is 0.0207 e. The maximum absolute atomic E-state index is 3.46. The van der Waals surface area contributed by atoms with Gasteiger partial charge >= 0.3 is 0 Å². The Hall–Kier alpha value is 0.360. The summed E-state index contributed by atoms with van der Waals surface area (Å²) in [5.41, 5.74) is 5.05. The van der Waals surface area contributed by atoms with E-state index in [2.05, 4.69) is 116 Å². The minimum absolute atomic E-state index is 1.17. The van der Waals surface area contributed by atoms with E-state index in [9.17, 15) is 0 Å². The van der Waals surface area contributed by atoms with Crippen molar-refractivity contribution < 1.29 is 0 Å². The first-order chi connectivity index (χ1) is 9.22. The Labute approximate surface area is 154 Å². The molecule has 2 aromatic rings. The standard InChI is InChI=1S/2C8H8Br2/c2*1-5-3-8(10)6(2)4-7(5)9/h2*3-4H,1-2H3. The highest BCUT2D eigenvalue weighted by Gasteiger charge is 1.98. The molecule has 0 N–H and O–H groups in total. The Morgan fingerprint density at radius 3 is 0.750 bits per heavy atom. The van der Waals surface area contributed by atoms with Gasteiger partial charge in [-0.05, 0) is 74.2 Å². The fourth-order valence-electron chi connectivity index (χ4n) is 1.49. The van der Waals surface area contributed by atoms with Gasteiger partial charge in [-0.2, -0.15) is 0 Å². The molecule has 0 bridgehead atoms. The first-order valence-electron chi connectivity index (χ1n) is 6.07. The summed E-state index contributed by atoms with van der Waals surface area (Å²) < 4.78 is 4.70. The lowest BCUT2D eigenvalue weighted by molar-refractivity contribution is 1.34. The van der Waals surface area contributed by atoms with E-state index in [1.165, 1.54) is 40.1 Å². The first kappa shape index (κ1) is 18.4. The van der Waals surface area contributed by atoms with Gasteiger partial charge < -0.3 is 0 Å². The van der Waals surface area contributed by atoms with E-state index < -0.39 is 0 Å². The van der Waals surface area contributed by atoms with Crippen LogP contribution in [0.3, 0.4) is 0 Å². The molecule has 0 saturated carbocycles. The topological polar surface area (TPSA) is 0 Å². The lowest BCUT2D eigenvalue weighted by atomic mass is 10.2. The van der Waals surface area contributed by atoms with Crippen LogP contribution in [0.15, 0.2) is 42.2 Å². The molecule has 0 aliphatic heterocycles. The molecule has 0 radical (unpaired) electrons. The molecule has 4 heteroatoms. The number of rotatable bonds is 0.